The first kappa shape index (κ1) is 39.7. The number of hydrogen-bond donors (Lipinski definition) is 9. The SMILES string of the molecule is CC(O)CNC1=C2C3C(C=CC(C4=CNC(N)C=C4)CC34CC(O)C(O)CC4C1=O)CC1(C3CCCCC3)C(C(C)(O)C(O)C3OCC(C)C3C)CCC21O. The molecule has 2 heterocycles. The Morgan fingerprint density at radius 2 is 1.80 bits per heavy atom. The summed E-state index contributed by atoms with van der Waals surface area (Å²) in [5.74, 6) is -1.68. The van der Waals surface area contributed by atoms with Gasteiger partial charge in [-0.05, 0) is 123 Å². The van der Waals surface area contributed by atoms with Crippen molar-refractivity contribution in [3.05, 3.63) is 47.3 Å². The van der Waals surface area contributed by atoms with Gasteiger partial charge in [-0.2, -0.15) is 0 Å². The number of ketones is 1. The predicted molar refractivity (Wildman–Crippen MR) is 207 cm³/mol. The molecule has 5 fully saturated rings. The summed E-state index contributed by atoms with van der Waals surface area (Å²) in [6, 6.07) is 0. The molecule has 2 aliphatic heterocycles. The highest BCUT2D eigenvalue weighted by atomic mass is 16.5. The highest BCUT2D eigenvalue weighted by molar-refractivity contribution is 6.00. The van der Waals surface area contributed by atoms with E-state index in [2.05, 4.69) is 36.6 Å². The number of nitrogens with two attached hydrogens (primary N) is 1. The Kier molecular flexibility index (Phi) is 10.3. The Hall–Kier alpha value is -2.09. The van der Waals surface area contributed by atoms with Crippen molar-refractivity contribution < 1.29 is 40.2 Å². The lowest BCUT2D eigenvalue weighted by molar-refractivity contribution is -0.223. The summed E-state index contributed by atoms with van der Waals surface area (Å²) in [7, 11) is 0. The maximum atomic E-state index is 15.4. The summed E-state index contributed by atoms with van der Waals surface area (Å²) in [4.78, 5) is 15.4. The van der Waals surface area contributed by atoms with Gasteiger partial charge in [-0.1, -0.05) is 51.3 Å². The van der Waals surface area contributed by atoms with Gasteiger partial charge in [0.05, 0.1) is 47.5 Å². The number of Topliss-reactive ketones (excluding diaryl/α,β-unsaturated/α-hetero) is 1. The van der Waals surface area contributed by atoms with Gasteiger partial charge in [0.1, 0.15) is 6.10 Å². The molecule has 17 atom stereocenters. The average molecular weight is 766 g/mol. The number of aliphatic hydroxyl groups is 6. The maximum absolute atomic E-state index is 15.4. The van der Waals surface area contributed by atoms with E-state index in [1.165, 1.54) is 0 Å². The molecule has 6 aliphatic carbocycles. The molecule has 11 nitrogen and oxygen atoms in total. The summed E-state index contributed by atoms with van der Waals surface area (Å²) in [5.41, 5.74) is 3.33. The van der Waals surface area contributed by atoms with E-state index in [0.29, 0.717) is 43.6 Å². The van der Waals surface area contributed by atoms with Gasteiger partial charge in [-0.3, -0.25) is 4.79 Å². The first-order valence-electron chi connectivity index (χ1n) is 21.5. The molecule has 17 unspecified atom stereocenters. The third-order valence-corrected chi connectivity index (χ3v) is 16.6. The molecule has 1 saturated heterocycles. The lowest BCUT2D eigenvalue weighted by atomic mass is 9.39. The van der Waals surface area contributed by atoms with Crippen LogP contribution in [-0.4, -0.2) is 97.5 Å². The number of carbonyl (C=O) groups excluding carboxylic acids is 1. The normalized spacial score (nSPS) is 47.8. The van der Waals surface area contributed by atoms with Crippen LogP contribution >= 0.6 is 0 Å². The monoisotopic (exact) mass is 765 g/mol. The second-order valence-corrected chi connectivity index (χ2v) is 19.6. The quantitative estimate of drug-likeness (QED) is 0.165. The van der Waals surface area contributed by atoms with E-state index in [9.17, 15) is 30.6 Å². The van der Waals surface area contributed by atoms with Crippen LogP contribution in [0.25, 0.3) is 0 Å². The first-order chi connectivity index (χ1) is 26.1. The van der Waals surface area contributed by atoms with E-state index in [1.807, 2.05) is 18.4 Å². The Bertz CT molecular complexity index is 1620. The Balaban J connectivity index is 1.35. The molecule has 306 valence electrons. The number of aliphatic hydroxyl groups excluding tert-OH is 4. The van der Waals surface area contributed by atoms with Crippen molar-refractivity contribution in [1.82, 2.24) is 10.6 Å². The number of hydrogen-bond acceptors (Lipinski definition) is 11. The largest absolute Gasteiger partial charge is 0.392 e. The highest BCUT2D eigenvalue weighted by Crippen LogP contribution is 2.75. The molecule has 0 bridgehead atoms. The van der Waals surface area contributed by atoms with Crippen LogP contribution in [-0.2, 0) is 9.53 Å². The lowest BCUT2D eigenvalue weighted by Crippen LogP contribution is -2.69. The molecule has 10 N–H and O–H groups in total. The Labute approximate surface area is 326 Å². The van der Waals surface area contributed by atoms with Crippen LogP contribution in [0.1, 0.15) is 98.3 Å². The van der Waals surface area contributed by atoms with Gasteiger partial charge < -0.3 is 51.7 Å². The van der Waals surface area contributed by atoms with Crippen LogP contribution in [0.5, 0.6) is 0 Å². The molecule has 0 aromatic heterocycles. The van der Waals surface area contributed by atoms with Crippen molar-refractivity contribution in [3.63, 3.8) is 0 Å². The summed E-state index contributed by atoms with van der Waals surface area (Å²) in [5, 5.41) is 79.3. The topological polar surface area (TPSA) is 198 Å². The third kappa shape index (κ3) is 5.99. The lowest BCUT2D eigenvalue weighted by Gasteiger charge is -2.66. The molecule has 11 heteroatoms. The smallest absolute Gasteiger partial charge is 0.182 e. The zero-order valence-corrected chi connectivity index (χ0v) is 33.2. The van der Waals surface area contributed by atoms with E-state index < -0.39 is 64.4 Å². The summed E-state index contributed by atoms with van der Waals surface area (Å²) >= 11 is 0. The fourth-order valence-corrected chi connectivity index (χ4v) is 13.9. The van der Waals surface area contributed by atoms with E-state index >= 15 is 4.79 Å². The van der Waals surface area contributed by atoms with Crippen LogP contribution in [0, 0.1) is 58.2 Å². The minimum atomic E-state index is -1.62. The molecule has 0 aromatic rings. The van der Waals surface area contributed by atoms with Crippen LogP contribution < -0.4 is 16.4 Å². The second-order valence-electron chi connectivity index (χ2n) is 19.6. The molecule has 0 aromatic carbocycles. The van der Waals surface area contributed by atoms with E-state index in [1.54, 1.807) is 13.8 Å². The molecule has 8 aliphatic rings. The molecule has 4 saturated carbocycles. The number of dihydropyridines is 1. The van der Waals surface area contributed by atoms with E-state index in [4.69, 9.17) is 10.5 Å². The highest BCUT2D eigenvalue weighted by Gasteiger charge is 2.76. The first-order valence-corrected chi connectivity index (χ1v) is 21.5. The number of carbonyl (C=O) groups is 1. The molecule has 1 spiro atoms. The van der Waals surface area contributed by atoms with Crippen molar-refractivity contribution >= 4 is 5.78 Å². The van der Waals surface area contributed by atoms with Crippen molar-refractivity contribution in [3.8, 4) is 0 Å². The maximum Gasteiger partial charge on any atom is 0.182 e. The van der Waals surface area contributed by atoms with Gasteiger partial charge in [-0.15, -0.1) is 0 Å². The third-order valence-electron chi connectivity index (χ3n) is 16.6. The van der Waals surface area contributed by atoms with Gasteiger partial charge in [0.15, 0.2) is 5.78 Å². The molecular weight excluding hydrogens is 698 g/mol. The number of ether oxygens (including phenoxy) is 1. The van der Waals surface area contributed by atoms with Crippen LogP contribution in [0.2, 0.25) is 0 Å². The molecule has 0 radical (unpaired) electrons. The summed E-state index contributed by atoms with van der Waals surface area (Å²) < 4.78 is 6.19. The van der Waals surface area contributed by atoms with E-state index in [-0.39, 0.29) is 66.8 Å². The van der Waals surface area contributed by atoms with Gasteiger partial charge in [0.2, 0.25) is 0 Å². The molecule has 8 rings (SSSR count). The van der Waals surface area contributed by atoms with Crippen molar-refractivity contribution in [2.75, 3.05) is 13.2 Å². The second kappa shape index (κ2) is 14.3. The molecular formula is C44H67N3O8. The van der Waals surface area contributed by atoms with Gasteiger partial charge >= 0.3 is 0 Å². The summed E-state index contributed by atoms with van der Waals surface area (Å²) in [6.07, 6.45) is 12.6. The number of rotatable bonds is 8. The minimum absolute atomic E-state index is 0.0226. The summed E-state index contributed by atoms with van der Waals surface area (Å²) in [6.45, 7) is 8.23. The fraction of sp³-hybridized carbons (Fsp3) is 0.795. The van der Waals surface area contributed by atoms with Crippen molar-refractivity contribution in [2.24, 2.45) is 63.9 Å². The average Bonchev–Trinajstić information content (AvgIpc) is 3.61. The standard InChI is InChI=1S/C44H67N3O8/c1-23-22-55-39(25(23)3)40(52)41(4,53)33-14-15-44(54)36-35-27(18-43(33,44)29-8-6-5-7-9-29)11-10-26(28-12-13-34(45)46-21-28)17-42(35)19-32(50)31(49)16-30(42)38(51)37(36)47-20-24(2)48/h10-13,21,23-27,29-35,39-40,46-50,52-54H,5-9,14-20,22,45H2,1-4H3. The van der Waals surface area contributed by atoms with Crippen LogP contribution in [0.3, 0.4) is 0 Å². The van der Waals surface area contributed by atoms with Gasteiger partial charge in [0.25, 0.3) is 0 Å². The Morgan fingerprint density at radius 1 is 1.05 bits per heavy atom. The zero-order valence-electron chi connectivity index (χ0n) is 33.2. The molecule has 0 amide bonds. The van der Waals surface area contributed by atoms with Gasteiger partial charge in [0, 0.05) is 36.6 Å². The Morgan fingerprint density at radius 3 is 2.45 bits per heavy atom. The minimum Gasteiger partial charge on any atom is -0.392 e. The van der Waals surface area contributed by atoms with Crippen LogP contribution in [0.4, 0.5) is 0 Å². The molecule has 55 heavy (non-hydrogen) atoms. The van der Waals surface area contributed by atoms with Crippen molar-refractivity contribution in [1.29, 1.82) is 0 Å². The number of nitrogens with one attached hydrogen (secondary N) is 2. The van der Waals surface area contributed by atoms with E-state index in [0.717, 1.165) is 37.7 Å². The van der Waals surface area contributed by atoms with Gasteiger partial charge in [-0.25, -0.2) is 0 Å². The fourth-order valence-electron chi connectivity index (χ4n) is 13.9. The predicted octanol–water partition coefficient (Wildman–Crippen LogP) is 2.94. The van der Waals surface area contributed by atoms with Crippen molar-refractivity contribution in [2.45, 2.75) is 146 Å². The zero-order chi connectivity index (χ0) is 39.2. The number of allylic oxidation sites excluding steroid dienone is 5. The van der Waals surface area contributed by atoms with Crippen LogP contribution in [0.15, 0.2) is 47.3 Å². The number of fused-ring (bicyclic) bond motifs is 2.